The number of carbonyl (C=O) groups excluding carboxylic acids is 1. The second kappa shape index (κ2) is 7.94. The summed E-state index contributed by atoms with van der Waals surface area (Å²) >= 11 is 0. The minimum atomic E-state index is -0.566. The Labute approximate surface area is 174 Å². The van der Waals surface area contributed by atoms with Crippen LogP contribution in [0.15, 0.2) is 30.9 Å². The van der Waals surface area contributed by atoms with Crippen molar-refractivity contribution in [3.05, 3.63) is 30.9 Å². The molecule has 4 rings (SSSR count). The molecule has 3 aromatic rings. The number of aryl methyl sites for hydroxylation is 1. The zero-order chi connectivity index (χ0) is 21.3. The quantitative estimate of drug-likeness (QED) is 0.648. The highest BCUT2D eigenvalue weighted by Gasteiger charge is 2.28. The van der Waals surface area contributed by atoms with Crippen LogP contribution in [0.5, 0.6) is 5.88 Å². The van der Waals surface area contributed by atoms with Gasteiger partial charge in [0.15, 0.2) is 0 Å². The molecule has 10 nitrogen and oxygen atoms in total. The predicted molar refractivity (Wildman–Crippen MR) is 108 cm³/mol. The van der Waals surface area contributed by atoms with Crippen LogP contribution in [0, 0.1) is 0 Å². The minimum absolute atomic E-state index is 0.341. The second-order valence-electron chi connectivity index (χ2n) is 8.24. The normalized spacial score (nSPS) is 17.7. The van der Waals surface area contributed by atoms with Crippen LogP contribution in [0.4, 0.5) is 4.79 Å². The van der Waals surface area contributed by atoms with Crippen molar-refractivity contribution in [2.45, 2.75) is 32.5 Å². The van der Waals surface area contributed by atoms with E-state index in [4.69, 9.17) is 14.2 Å². The molecule has 1 aliphatic heterocycles. The van der Waals surface area contributed by atoms with Gasteiger partial charge in [-0.05, 0) is 26.8 Å². The average molecular weight is 414 g/mol. The molecule has 10 heteroatoms. The lowest BCUT2D eigenvalue weighted by molar-refractivity contribution is 0.0201. The largest absolute Gasteiger partial charge is 0.468 e. The van der Waals surface area contributed by atoms with Crippen LogP contribution in [0.25, 0.3) is 16.8 Å². The smallest absolute Gasteiger partial charge is 0.410 e. The van der Waals surface area contributed by atoms with E-state index in [1.807, 2.05) is 46.3 Å². The fourth-order valence-electron chi connectivity index (χ4n) is 3.18. The fraction of sp³-hybridized carbons (Fsp3) is 0.500. The highest BCUT2D eigenvalue weighted by atomic mass is 16.6. The SMILES string of the molecule is Cn1cc(-c2cn3nccc3c(O[C@@H]3COCCN(C(=O)OC(C)(C)C)C3)n2)cn1. The van der Waals surface area contributed by atoms with Gasteiger partial charge >= 0.3 is 6.09 Å². The van der Waals surface area contributed by atoms with E-state index < -0.39 is 11.7 Å². The summed E-state index contributed by atoms with van der Waals surface area (Å²) in [5.41, 5.74) is 1.71. The lowest BCUT2D eigenvalue weighted by Gasteiger charge is -2.27. The molecule has 160 valence electrons. The monoisotopic (exact) mass is 414 g/mol. The molecule has 0 bridgehead atoms. The van der Waals surface area contributed by atoms with Gasteiger partial charge in [-0.25, -0.2) is 14.3 Å². The minimum Gasteiger partial charge on any atom is -0.468 e. The van der Waals surface area contributed by atoms with Crippen molar-refractivity contribution in [3.8, 4) is 17.1 Å². The summed E-state index contributed by atoms with van der Waals surface area (Å²) in [5.74, 6) is 0.425. The van der Waals surface area contributed by atoms with Crippen LogP contribution in [-0.4, -0.2) is 73.4 Å². The summed E-state index contributed by atoms with van der Waals surface area (Å²) in [6.45, 7) is 7.09. The Morgan fingerprint density at radius 2 is 2.10 bits per heavy atom. The van der Waals surface area contributed by atoms with Crippen molar-refractivity contribution in [1.29, 1.82) is 0 Å². The van der Waals surface area contributed by atoms with Crippen molar-refractivity contribution < 1.29 is 19.0 Å². The Morgan fingerprint density at radius 3 is 2.83 bits per heavy atom. The lowest BCUT2D eigenvalue weighted by atomic mass is 10.2. The maximum absolute atomic E-state index is 12.5. The Hall–Kier alpha value is -3.14. The number of hydrogen-bond donors (Lipinski definition) is 0. The van der Waals surface area contributed by atoms with E-state index >= 15 is 0 Å². The first kappa shape index (κ1) is 20.1. The van der Waals surface area contributed by atoms with Crippen molar-refractivity contribution in [2.24, 2.45) is 7.05 Å². The van der Waals surface area contributed by atoms with Gasteiger partial charge < -0.3 is 19.1 Å². The fourth-order valence-corrected chi connectivity index (χ4v) is 3.18. The molecule has 0 unspecified atom stereocenters. The van der Waals surface area contributed by atoms with Gasteiger partial charge in [0.05, 0.1) is 44.0 Å². The summed E-state index contributed by atoms with van der Waals surface area (Å²) in [5, 5.41) is 8.53. The molecule has 0 spiro atoms. The molecule has 0 N–H and O–H groups in total. The molecule has 0 saturated carbocycles. The number of nitrogens with zero attached hydrogens (tertiary/aromatic N) is 6. The topological polar surface area (TPSA) is 96.0 Å². The first-order chi connectivity index (χ1) is 14.3. The Morgan fingerprint density at radius 1 is 1.27 bits per heavy atom. The summed E-state index contributed by atoms with van der Waals surface area (Å²) in [6, 6.07) is 1.83. The molecular formula is C20H26N6O4. The number of carbonyl (C=O) groups is 1. The first-order valence-corrected chi connectivity index (χ1v) is 9.84. The molecule has 0 aromatic carbocycles. The molecule has 3 aromatic heterocycles. The van der Waals surface area contributed by atoms with Crippen molar-refractivity contribution in [3.63, 3.8) is 0 Å². The highest BCUT2D eigenvalue weighted by molar-refractivity contribution is 5.68. The van der Waals surface area contributed by atoms with Crippen molar-refractivity contribution >= 4 is 11.6 Å². The van der Waals surface area contributed by atoms with E-state index in [0.29, 0.717) is 37.9 Å². The van der Waals surface area contributed by atoms with E-state index in [1.54, 1.807) is 26.5 Å². The van der Waals surface area contributed by atoms with Crippen LogP contribution in [0.1, 0.15) is 20.8 Å². The maximum Gasteiger partial charge on any atom is 0.410 e. The number of fused-ring (bicyclic) bond motifs is 1. The number of amides is 1. The van der Waals surface area contributed by atoms with E-state index in [-0.39, 0.29) is 6.09 Å². The standard InChI is InChI=1S/C20H26N6O4/c1-20(2,3)30-19(27)25-7-8-28-13-15(11-25)29-18-17-5-6-21-26(17)12-16(23-18)14-9-22-24(4)10-14/h5-6,9-10,12,15H,7-8,11,13H2,1-4H3/t15-/m0/s1. The van der Waals surface area contributed by atoms with E-state index in [1.165, 1.54) is 0 Å². The molecule has 1 saturated heterocycles. The Balaban J connectivity index is 1.58. The van der Waals surface area contributed by atoms with E-state index in [0.717, 1.165) is 11.1 Å². The maximum atomic E-state index is 12.5. The third-order valence-electron chi connectivity index (χ3n) is 4.52. The second-order valence-corrected chi connectivity index (χ2v) is 8.24. The third kappa shape index (κ3) is 4.54. The molecular weight excluding hydrogens is 388 g/mol. The predicted octanol–water partition coefficient (Wildman–Crippen LogP) is 2.14. The van der Waals surface area contributed by atoms with Crippen LogP contribution >= 0.6 is 0 Å². The van der Waals surface area contributed by atoms with Gasteiger partial charge in [0.2, 0.25) is 5.88 Å². The van der Waals surface area contributed by atoms with Crippen LogP contribution in [0.3, 0.4) is 0 Å². The molecule has 30 heavy (non-hydrogen) atoms. The van der Waals surface area contributed by atoms with Gasteiger partial charge in [-0.15, -0.1) is 0 Å². The van der Waals surface area contributed by atoms with Gasteiger partial charge in [0.1, 0.15) is 17.2 Å². The molecule has 4 heterocycles. The van der Waals surface area contributed by atoms with Gasteiger partial charge in [-0.1, -0.05) is 0 Å². The Bertz CT molecular complexity index is 1040. The zero-order valence-corrected chi connectivity index (χ0v) is 17.6. The lowest BCUT2D eigenvalue weighted by Crippen LogP contribution is -2.42. The Kier molecular flexibility index (Phi) is 5.33. The molecule has 1 aliphatic rings. The highest BCUT2D eigenvalue weighted by Crippen LogP contribution is 2.25. The molecule has 0 aliphatic carbocycles. The molecule has 1 fully saturated rings. The molecule has 0 radical (unpaired) electrons. The van der Waals surface area contributed by atoms with Crippen molar-refractivity contribution in [2.75, 3.05) is 26.3 Å². The summed E-state index contributed by atoms with van der Waals surface area (Å²) in [7, 11) is 1.85. The summed E-state index contributed by atoms with van der Waals surface area (Å²) < 4.78 is 20.8. The summed E-state index contributed by atoms with van der Waals surface area (Å²) in [4.78, 5) is 18.8. The number of hydrogen-bond acceptors (Lipinski definition) is 7. The average Bonchev–Trinajstić information content (AvgIpc) is 3.24. The van der Waals surface area contributed by atoms with Gasteiger partial charge in [-0.3, -0.25) is 4.68 Å². The third-order valence-corrected chi connectivity index (χ3v) is 4.52. The van der Waals surface area contributed by atoms with Crippen LogP contribution < -0.4 is 4.74 Å². The van der Waals surface area contributed by atoms with Gasteiger partial charge in [-0.2, -0.15) is 10.2 Å². The molecule has 1 atom stereocenters. The van der Waals surface area contributed by atoms with E-state index in [2.05, 4.69) is 15.2 Å². The summed E-state index contributed by atoms with van der Waals surface area (Å²) in [6.07, 6.45) is 6.35. The molecule has 1 amide bonds. The van der Waals surface area contributed by atoms with E-state index in [9.17, 15) is 4.79 Å². The van der Waals surface area contributed by atoms with Gasteiger partial charge in [0, 0.05) is 25.4 Å². The van der Waals surface area contributed by atoms with Crippen LogP contribution in [-0.2, 0) is 16.5 Å². The first-order valence-electron chi connectivity index (χ1n) is 9.84. The number of ether oxygens (including phenoxy) is 3. The van der Waals surface area contributed by atoms with Crippen molar-refractivity contribution in [1.82, 2.24) is 29.3 Å². The number of aromatic nitrogens is 5. The number of rotatable bonds is 3. The zero-order valence-electron chi connectivity index (χ0n) is 17.6. The van der Waals surface area contributed by atoms with Crippen LogP contribution in [0.2, 0.25) is 0 Å². The van der Waals surface area contributed by atoms with Gasteiger partial charge in [0.25, 0.3) is 0 Å².